The fourth-order valence-electron chi connectivity index (χ4n) is 1.78. The van der Waals surface area contributed by atoms with Gasteiger partial charge in [-0.3, -0.25) is 10.1 Å². The summed E-state index contributed by atoms with van der Waals surface area (Å²) in [7, 11) is 0. The molecule has 1 heterocycles. The van der Waals surface area contributed by atoms with Crippen molar-refractivity contribution in [3.05, 3.63) is 34.3 Å². The molecule has 0 saturated heterocycles. The molecule has 19 heavy (non-hydrogen) atoms. The van der Waals surface area contributed by atoms with Crippen LogP contribution in [0, 0.1) is 5.92 Å². The van der Waals surface area contributed by atoms with Crippen molar-refractivity contribution in [1.82, 2.24) is 20.6 Å². The van der Waals surface area contributed by atoms with Crippen LogP contribution in [0.4, 0.5) is 5.95 Å². The number of nitrogens with zero attached hydrogens (tertiary/aromatic N) is 3. The lowest BCUT2D eigenvalue weighted by molar-refractivity contribution is -0.120. The van der Waals surface area contributed by atoms with E-state index in [0.717, 1.165) is 16.5 Å². The number of amides is 1. The molecule has 1 aromatic carbocycles. The maximum atomic E-state index is 12.1. The zero-order valence-corrected chi connectivity index (χ0v) is 12.0. The van der Waals surface area contributed by atoms with Gasteiger partial charge >= 0.3 is 0 Å². The topological polar surface area (TPSA) is 83.6 Å². The van der Waals surface area contributed by atoms with Crippen molar-refractivity contribution in [2.45, 2.75) is 19.8 Å². The van der Waals surface area contributed by atoms with Crippen molar-refractivity contribution in [3.8, 4) is 0 Å². The fourth-order valence-corrected chi connectivity index (χ4v) is 2.23. The predicted octanol–water partition coefficient (Wildman–Crippen LogP) is 2.17. The highest BCUT2D eigenvalue weighted by Crippen LogP contribution is 2.21. The molecule has 0 aliphatic heterocycles. The number of halogens is 1. The third-order valence-electron chi connectivity index (χ3n) is 2.87. The molecule has 0 spiro atoms. The number of benzene rings is 1. The average Bonchev–Trinajstić information content (AvgIpc) is 2.90. The minimum absolute atomic E-state index is 0.0975. The Morgan fingerprint density at radius 1 is 1.47 bits per heavy atom. The second-order valence-electron chi connectivity index (χ2n) is 4.13. The maximum absolute atomic E-state index is 12.1. The fraction of sp³-hybridized carbons (Fsp3) is 0.333. The second-order valence-corrected chi connectivity index (χ2v) is 4.98. The molecular formula is C12H14BrN5O. The van der Waals surface area contributed by atoms with Gasteiger partial charge in [0.15, 0.2) is 0 Å². The van der Waals surface area contributed by atoms with Gasteiger partial charge in [0.2, 0.25) is 5.91 Å². The Morgan fingerprint density at radius 2 is 2.26 bits per heavy atom. The molecule has 0 aliphatic carbocycles. The molecule has 6 nitrogen and oxygen atoms in total. The van der Waals surface area contributed by atoms with Crippen molar-refractivity contribution in [3.63, 3.8) is 0 Å². The zero-order chi connectivity index (χ0) is 13.7. The van der Waals surface area contributed by atoms with Gasteiger partial charge in [-0.15, -0.1) is 5.10 Å². The number of carbonyl (C=O) groups is 1. The molecule has 2 rings (SSSR count). The van der Waals surface area contributed by atoms with Gasteiger partial charge in [-0.2, -0.15) is 5.21 Å². The molecule has 0 radical (unpaired) electrons. The van der Waals surface area contributed by atoms with Crippen molar-refractivity contribution in [2.24, 2.45) is 5.92 Å². The molecule has 0 saturated carbocycles. The van der Waals surface area contributed by atoms with Gasteiger partial charge in [0.25, 0.3) is 5.95 Å². The Kier molecular flexibility index (Phi) is 4.62. The number of nitrogens with one attached hydrogen (secondary N) is 2. The van der Waals surface area contributed by atoms with Crippen LogP contribution >= 0.6 is 15.9 Å². The van der Waals surface area contributed by atoms with Crippen LogP contribution in [0.5, 0.6) is 0 Å². The molecule has 7 heteroatoms. The largest absolute Gasteiger partial charge is 0.292 e. The molecule has 2 N–H and O–H groups in total. The first-order valence-electron chi connectivity index (χ1n) is 5.98. The third kappa shape index (κ3) is 3.60. The summed E-state index contributed by atoms with van der Waals surface area (Å²) in [5.41, 5.74) is 1.11. The van der Waals surface area contributed by atoms with E-state index in [4.69, 9.17) is 0 Å². The molecule has 0 bridgehead atoms. The van der Waals surface area contributed by atoms with E-state index < -0.39 is 0 Å². The quantitative estimate of drug-likeness (QED) is 0.883. The van der Waals surface area contributed by atoms with Crippen LogP contribution in [0.2, 0.25) is 0 Å². The van der Waals surface area contributed by atoms with E-state index in [0.29, 0.717) is 6.42 Å². The Labute approximate surface area is 119 Å². The Balaban J connectivity index is 2.04. The average molecular weight is 324 g/mol. The van der Waals surface area contributed by atoms with E-state index >= 15 is 0 Å². The van der Waals surface area contributed by atoms with Crippen molar-refractivity contribution >= 4 is 27.8 Å². The summed E-state index contributed by atoms with van der Waals surface area (Å²) < 4.78 is 1.01. The number of aromatic amines is 1. The second kappa shape index (κ2) is 6.42. The number of rotatable bonds is 5. The van der Waals surface area contributed by atoms with Crippen molar-refractivity contribution in [2.75, 3.05) is 5.32 Å². The third-order valence-corrected chi connectivity index (χ3v) is 3.64. The normalized spacial score (nSPS) is 12.1. The van der Waals surface area contributed by atoms with E-state index in [-0.39, 0.29) is 17.8 Å². The van der Waals surface area contributed by atoms with Gasteiger partial charge < -0.3 is 0 Å². The number of carbonyl (C=O) groups excluding carboxylic acids is 1. The van der Waals surface area contributed by atoms with Crippen LogP contribution in [0.15, 0.2) is 28.7 Å². The van der Waals surface area contributed by atoms with Gasteiger partial charge in [-0.25, -0.2) is 0 Å². The minimum Gasteiger partial charge on any atom is -0.292 e. The van der Waals surface area contributed by atoms with Crippen LogP contribution in [-0.4, -0.2) is 26.5 Å². The lowest BCUT2D eigenvalue weighted by atomic mass is 9.96. The number of anilines is 1. The maximum Gasteiger partial charge on any atom is 0.269 e. The molecule has 100 valence electrons. The van der Waals surface area contributed by atoms with Gasteiger partial charge in [-0.1, -0.05) is 46.2 Å². The van der Waals surface area contributed by atoms with Crippen LogP contribution < -0.4 is 5.32 Å². The summed E-state index contributed by atoms with van der Waals surface area (Å²) in [6, 6.07) is 7.89. The Bertz CT molecular complexity index is 543. The highest BCUT2D eigenvalue weighted by atomic mass is 79.9. The number of aromatic nitrogens is 4. The highest BCUT2D eigenvalue weighted by molar-refractivity contribution is 9.10. The molecule has 2 aromatic rings. The molecule has 1 atom stereocenters. The van der Waals surface area contributed by atoms with E-state index in [1.165, 1.54) is 0 Å². The Morgan fingerprint density at radius 3 is 2.89 bits per heavy atom. The van der Waals surface area contributed by atoms with Crippen LogP contribution in [0.25, 0.3) is 0 Å². The smallest absolute Gasteiger partial charge is 0.269 e. The molecule has 1 aromatic heterocycles. The molecular weight excluding hydrogens is 310 g/mol. The molecule has 0 fully saturated rings. The standard InChI is InChI=1S/C12H14BrN5O/c1-2-8(7-9-5-3-4-6-10(9)13)11(19)14-12-15-17-18-16-12/h3-6,8H,2,7H2,1H3,(H2,14,15,16,17,18,19)/t8-/m1/s1. The monoisotopic (exact) mass is 323 g/mol. The zero-order valence-electron chi connectivity index (χ0n) is 10.4. The van der Waals surface area contributed by atoms with Gasteiger partial charge in [-0.05, 0) is 29.7 Å². The summed E-state index contributed by atoms with van der Waals surface area (Å²) in [5.74, 6) is -0.0209. The number of hydrogen-bond acceptors (Lipinski definition) is 4. The van der Waals surface area contributed by atoms with E-state index in [1.807, 2.05) is 31.2 Å². The van der Waals surface area contributed by atoms with Gasteiger partial charge in [0.05, 0.1) is 0 Å². The number of hydrogen-bond donors (Lipinski definition) is 2. The summed E-state index contributed by atoms with van der Waals surface area (Å²) >= 11 is 3.49. The van der Waals surface area contributed by atoms with Crippen molar-refractivity contribution in [1.29, 1.82) is 0 Å². The van der Waals surface area contributed by atoms with Gasteiger partial charge in [0, 0.05) is 10.4 Å². The summed E-state index contributed by atoms with van der Waals surface area (Å²) in [5, 5.41) is 15.8. The molecule has 0 aliphatic rings. The highest BCUT2D eigenvalue weighted by Gasteiger charge is 2.19. The minimum atomic E-state index is -0.128. The Hall–Kier alpha value is -1.76. The first kappa shape index (κ1) is 13.7. The summed E-state index contributed by atoms with van der Waals surface area (Å²) in [6.45, 7) is 1.98. The SMILES string of the molecule is CC[C@H](Cc1ccccc1Br)C(=O)Nc1nn[nH]n1. The molecule has 0 unspecified atom stereocenters. The van der Waals surface area contributed by atoms with E-state index in [1.54, 1.807) is 0 Å². The number of H-pyrrole nitrogens is 1. The number of tetrazole rings is 1. The van der Waals surface area contributed by atoms with E-state index in [9.17, 15) is 4.79 Å². The predicted molar refractivity (Wildman–Crippen MR) is 74.4 cm³/mol. The summed E-state index contributed by atoms with van der Waals surface area (Å²) in [6.07, 6.45) is 1.41. The van der Waals surface area contributed by atoms with Crippen LogP contribution in [0.3, 0.4) is 0 Å². The lowest BCUT2D eigenvalue weighted by Crippen LogP contribution is -2.24. The lowest BCUT2D eigenvalue weighted by Gasteiger charge is -2.14. The summed E-state index contributed by atoms with van der Waals surface area (Å²) in [4.78, 5) is 12.1. The first-order valence-corrected chi connectivity index (χ1v) is 6.77. The van der Waals surface area contributed by atoms with Crippen LogP contribution in [0.1, 0.15) is 18.9 Å². The first-order chi connectivity index (χ1) is 9.20. The van der Waals surface area contributed by atoms with Crippen LogP contribution in [-0.2, 0) is 11.2 Å². The molecule has 1 amide bonds. The van der Waals surface area contributed by atoms with E-state index in [2.05, 4.69) is 41.9 Å². The van der Waals surface area contributed by atoms with Crippen molar-refractivity contribution < 1.29 is 4.79 Å². The van der Waals surface area contributed by atoms with Gasteiger partial charge in [0.1, 0.15) is 0 Å².